The summed E-state index contributed by atoms with van der Waals surface area (Å²) >= 11 is 0. The zero-order valence-corrected chi connectivity index (χ0v) is 20.5. The van der Waals surface area contributed by atoms with E-state index in [4.69, 9.17) is 18.4 Å². The van der Waals surface area contributed by atoms with Crippen molar-refractivity contribution in [1.82, 2.24) is 0 Å². The number of carboxylic acids is 1. The Labute approximate surface area is 189 Å². The summed E-state index contributed by atoms with van der Waals surface area (Å²) in [5.41, 5.74) is 2.32. The van der Waals surface area contributed by atoms with Gasteiger partial charge in [-0.15, -0.1) is 0 Å². The molecule has 0 saturated heterocycles. The van der Waals surface area contributed by atoms with Crippen LogP contribution < -0.4 is 0 Å². The van der Waals surface area contributed by atoms with E-state index in [1.807, 2.05) is 32.9 Å². The predicted molar refractivity (Wildman–Crippen MR) is 127 cm³/mol. The lowest BCUT2D eigenvalue weighted by Gasteiger charge is -2.30. The van der Waals surface area contributed by atoms with E-state index in [1.54, 1.807) is 6.08 Å². The molecule has 1 aliphatic carbocycles. The van der Waals surface area contributed by atoms with Gasteiger partial charge in [-0.3, -0.25) is 0 Å². The molecule has 0 heterocycles. The summed E-state index contributed by atoms with van der Waals surface area (Å²) in [6.45, 7) is 7.97. The van der Waals surface area contributed by atoms with Gasteiger partial charge in [0, 0.05) is 31.9 Å². The van der Waals surface area contributed by atoms with Crippen LogP contribution in [0, 0.1) is 5.92 Å². The van der Waals surface area contributed by atoms with Crippen molar-refractivity contribution in [2.24, 2.45) is 5.92 Å². The molecule has 31 heavy (non-hydrogen) atoms. The van der Waals surface area contributed by atoms with Gasteiger partial charge in [-0.05, 0) is 81.9 Å². The molecule has 2 rings (SSSR count). The summed E-state index contributed by atoms with van der Waals surface area (Å²) in [6, 6.07) is 9.27. The Kier molecular flexibility index (Phi) is 11.5. The van der Waals surface area contributed by atoms with Gasteiger partial charge in [0.25, 0.3) is 0 Å². The smallest absolute Gasteiger partial charge is 0.478 e. The topological polar surface area (TPSA) is 65.0 Å². The van der Waals surface area contributed by atoms with Crippen LogP contribution in [0.3, 0.4) is 0 Å². The lowest BCUT2D eigenvalue weighted by molar-refractivity contribution is -0.131. The van der Waals surface area contributed by atoms with Crippen LogP contribution in [0.2, 0.25) is 6.04 Å². The van der Waals surface area contributed by atoms with Gasteiger partial charge in [0.2, 0.25) is 0 Å². The second kappa shape index (κ2) is 13.8. The van der Waals surface area contributed by atoms with Crippen molar-refractivity contribution in [2.45, 2.75) is 77.7 Å². The van der Waals surface area contributed by atoms with Crippen molar-refractivity contribution in [1.29, 1.82) is 0 Å². The van der Waals surface area contributed by atoms with E-state index in [2.05, 4.69) is 12.1 Å². The Balaban J connectivity index is 1.73. The summed E-state index contributed by atoms with van der Waals surface area (Å²) < 4.78 is 17.9. The number of unbranched alkanes of at least 4 members (excludes halogenated alkanes) is 1. The molecule has 0 atom stereocenters. The molecule has 1 aromatic carbocycles. The van der Waals surface area contributed by atoms with Crippen LogP contribution in [0.4, 0.5) is 0 Å². The zero-order chi connectivity index (χ0) is 22.5. The minimum atomic E-state index is -2.49. The van der Waals surface area contributed by atoms with Gasteiger partial charge >= 0.3 is 14.8 Å². The average Bonchev–Trinajstić information content (AvgIpc) is 2.77. The second-order valence-corrected chi connectivity index (χ2v) is 11.0. The van der Waals surface area contributed by atoms with Crippen molar-refractivity contribution in [3.63, 3.8) is 0 Å². The zero-order valence-electron chi connectivity index (χ0n) is 19.5. The molecule has 174 valence electrons. The Hall–Kier alpha value is -1.47. The second-order valence-electron chi connectivity index (χ2n) is 8.28. The molecule has 0 unspecified atom stereocenters. The number of hydrogen-bond donors (Lipinski definition) is 1. The molecule has 0 bridgehead atoms. The lowest BCUT2D eigenvalue weighted by Crippen LogP contribution is -2.45. The highest BCUT2D eigenvalue weighted by Gasteiger charge is 2.39. The number of carboxylic acid groups (broad SMARTS) is 1. The van der Waals surface area contributed by atoms with Gasteiger partial charge in [0.15, 0.2) is 0 Å². The van der Waals surface area contributed by atoms with E-state index < -0.39 is 14.8 Å². The van der Waals surface area contributed by atoms with Gasteiger partial charge in [0.05, 0.1) is 0 Å². The van der Waals surface area contributed by atoms with E-state index in [9.17, 15) is 4.79 Å². The molecule has 1 fully saturated rings. The fourth-order valence-electron chi connectivity index (χ4n) is 4.61. The van der Waals surface area contributed by atoms with Crippen LogP contribution in [0.15, 0.2) is 30.3 Å². The average molecular weight is 449 g/mol. The number of hydrogen-bond acceptors (Lipinski definition) is 4. The lowest BCUT2D eigenvalue weighted by atomic mass is 9.77. The van der Waals surface area contributed by atoms with E-state index in [0.717, 1.165) is 23.9 Å². The van der Waals surface area contributed by atoms with Crippen LogP contribution in [-0.4, -0.2) is 39.7 Å². The van der Waals surface area contributed by atoms with Crippen molar-refractivity contribution in [3.8, 4) is 0 Å². The van der Waals surface area contributed by atoms with Gasteiger partial charge in [0.1, 0.15) is 0 Å². The summed E-state index contributed by atoms with van der Waals surface area (Å²) in [7, 11) is -2.49. The van der Waals surface area contributed by atoms with Crippen molar-refractivity contribution in [2.75, 3.05) is 19.8 Å². The first-order valence-corrected chi connectivity index (χ1v) is 13.9. The van der Waals surface area contributed by atoms with Crippen LogP contribution in [0.1, 0.15) is 82.8 Å². The normalized spacial score (nSPS) is 19.7. The number of rotatable bonds is 14. The monoisotopic (exact) mass is 448 g/mol. The van der Waals surface area contributed by atoms with Gasteiger partial charge in [-0.25, -0.2) is 4.79 Å². The highest BCUT2D eigenvalue weighted by molar-refractivity contribution is 6.60. The minimum absolute atomic E-state index is 0.627. The Morgan fingerprint density at radius 2 is 1.55 bits per heavy atom. The maximum atomic E-state index is 10.6. The Morgan fingerprint density at radius 3 is 2.06 bits per heavy atom. The molecule has 6 heteroatoms. The fourth-order valence-corrected chi connectivity index (χ4v) is 7.29. The van der Waals surface area contributed by atoms with Crippen molar-refractivity contribution < 1.29 is 23.2 Å². The van der Waals surface area contributed by atoms with Crippen LogP contribution >= 0.6 is 0 Å². The maximum Gasteiger partial charge on any atom is 0.500 e. The molecule has 1 aliphatic rings. The van der Waals surface area contributed by atoms with E-state index in [0.29, 0.717) is 25.7 Å². The van der Waals surface area contributed by atoms with E-state index >= 15 is 0 Å². The quantitative estimate of drug-likeness (QED) is 0.206. The third-order valence-corrected chi connectivity index (χ3v) is 9.26. The van der Waals surface area contributed by atoms with Crippen LogP contribution in [0.5, 0.6) is 0 Å². The molecule has 1 N–H and O–H groups in total. The molecule has 0 aliphatic heterocycles. The van der Waals surface area contributed by atoms with Crippen molar-refractivity contribution >= 4 is 20.8 Å². The van der Waals surface area contributed by atoms with E-state index in [-0.39, 0.29) is 0 Å². The third-order valence-electron chi connectivity index (χ3n) is 6.11. The Morgan fingerprint density at radius 1 is 0.968 bits per heavy atom. The first-order valence-electron chi connectivity index (χ1n) is 11.9. The molecule has 1 saturated carbocycles. The van der Waals surface area contributed by atoms with Crippen LogP contribution in [-0.2, 0) is 18.1 Å². The summed E-state index contributed by atoms with van der Waals surface area (Å²) in [5, 5.41) is 8.74. The molecule has 0 spiro atoms. The molecular formula is C25H40O5Si. The molecule has 0 radical (unpaired) electrons. The fraction of sp³-hybridized carbons (Fsp3) is 0.640. The van der Waals surface area contributed by atoms with Crippen molar-refractivity contribution in [3.05, 3.63) is 41.5 Å². The minimum Gasteiger partial charge on any atom is -0.478 e. The number of aliphatic carboxylic acids is 1. The highest BCUT2D eigenvalue weighted by Crippen LogP contribution is 2.38. The summed E-state index contributed by atoms with van der Waals surface area (Å²) in [5.74, 6) is 0.531. The molecule has 0 amide bonds. The van der Waals surface area contributed by atoms with Gasteiger partial charge in [-0.2, -0.15) is 0 Å². The standard InChI is InChI=1S/C25H40O5Si/c1-4-28-31(29-5-2,30-6-3)20-8-7-9-21-10-15-23(16-11-21)24-17-12-22(13-18-24)14-19-25(26)27/h12-14,17-19,21,23H,4-11,15-16,20H2,1-3H3,(H,26,27)/b19-14+. The maximum absolute atomic E-state index is 10.6. The number of carbonyl (C=O) groups is 1. The number of benzene rings is 1. The van der Waals surface area contributed by atoms with Gasteiger partial charge in [-0.1, -0.05) is 37.1 Å². The first-order chi connectivity index (χ1) is 15.0. The van der Waals surface area contributed by atoms with E-state index in [1.165, 1.54) is 50.2 Å². The first kappa shape index (κ1) is 25.8. The predicted octanol–water partition coefficient (Wildman–Crippen LogP) is 6.28. The summed E-state index contributed by atoms with van der Waals surface area (Å²) in [6.07, 6.45) is 11.5. The molecular weight excluding hydrogens is 408 g/mol. The van der Waals surface area contributed by atoms with Crippen LogP contribution in [0.25, 0.3) is 6.08 Å². The third kappa shape index (κ3) is 8.89. The highest BCUT2D eigenvalue weighted by atomic mass is 28.4. The largest absolute Gasteiger partial charge is 0.500 e. The molecule has 1 aromatic rings. The molecule has 0 aromatic heterocycles. The Bertz CT molecular complexity index is 648. The molecule has 5 nitrogen and oxygen atoms in total. The SMILES string of the molecule is CCO[Si](CCCCC1CCC(c2ccc(/C=C/C(=O)O)cc2)CC1)(OCC)OCC. The summed E-state index contributed by atoms with van der Waals surface area (Å²) in [4.78, 5) is 10.6. The van der Waals surface area contributed by atoms with Gasteiger partial charge < -0.3 is 18.4 Å².